The Morgan fingerprint density at radius 3 is 2.44 bits per heavy atom. The number of rotatable bonds is 3. The number of carboxylic acid groups (broad SMARTS) is 1. The lowest BCUT2D eigenvalue weighted by Crippen LogP contribution is -2.44. The van der Waals surface area contributed by atoms with Crippen LogP contribution in [-0.2, 0) is 9.53 Å². The lowest BCUT2D eigenvalue weighted by molar-refractivity contribution is -0.142. The molecule has 1 saturated heterocycles. The van der Waals surface area contributed by atoms with Gasteiger partial charge in [0.25, 0.3) is 5.91 Å². The molecule has 7 nitrogen and oxygen atoms in total. The van der Waals surface area contributed by atoms with Gasteiger partial charge in [0.05, 0.1) is 0 Å². The molecule has 0 spiro atoms. The van der Waals surface area contributed by atoms with E-state index in [1.54, 1.807) is 32.9 Å². The molecule has 2 rings (SSSR count). The first-order chi connectivity index (χ1) is 11.6. The van der Waals surface area contributed by atoms with E-state index >= 15 is 0 Å². The van der Waals surface area contributed by atoms with Crippen molar-refractivity contribution < 1.29 is 24.2 Å². The van der Waals surface area contributed by atoms with Crippen molar-refractivity contribution in [2.45, 2.75) is 51.8 Å². The third-order valence-electron chi connectivity index (χ3n) is 3.94. The van der Waals surface area contributed by atoms with E-state index in [4.69, 9.17) is 4.74 Å². The molecule has 0 unspecified atom stereocenters. The van der Waals surface area contributed by atoms with Gasteiger partial charge in [-0.05, 0) is 39.3 Å². The highest BCUT2D eigenvalue weighted by molar-refractivity contribution is 5.96. The highest BCUT2D eigenvalue weighted by atomic mass is 16.6. The van der Waals surface area contributed by atoms with Gasteiger partial charge in [0.15, 0.2) is 0 Å². The summed E-state index contributed by atoms with van der Waals surface area (Å²) in [7, 11) is 0. The predicted molar refractivity (Wildman–Crippen MR) is 91.4 cm³/mol. The lowest BCUT2D eigenvalue weighted by Gasteiger charge is -2.26. The second kappa shape index (κ2) is 7.13. The van der Waals surface area contributed by atoms with Crippen molar-refractivity contribution in [2.75, 3.05) is 6.54 Å². The van der Waals surface area contributed by atoms with E-state index in [0.29, 0.717) is 5.56 Å². The maximum atomic E-state index is 12.4. The number of likely N-dealkylation sites (tertiary alicyclic amines) is 1. The molecule has 1 aromatic carbocycles. The Kier molecular flexibility index (Phi) is 5.35. The highest BCUT2D eigenvalue weighted by Gasteiger charge is 2.42. The van der Waals surface area contributed by atoms with Crippen LogP contribution in [0, 0.1) is 6.92 Å². The molecule has 25 heavy (non-hydrogen) atoms. The van der Waals surface area contributed by atoms with Gasteiger partial charge in [-0.25, -0.2) is 9.59 Å². The summed E-state index contributed by atoms with van der Waals surface area (Å²) in [5, 5.41) is 12.2. The molecule has 1 fully saturated rings. The number of ether oxygens (including phenoxy) is 1. The van der Waals surface area contributed by atoms with Crippen LogP contribution in [0.2, 0.25) is 0 Å². The maximum Gasteiger partial charge on any atom is 0.411 e. The van der Waals surface area contributed by atoms with Crippen molar-refractivity contribution in [3.8, 4) is 0 Å². The van der Waals surface area contributed by atoms with E-state index in [9.17, 15) is 19.5 Å². The molecule has 136 valence electrons. The topological polar surface area (TPSA) is 95.9 Å². The Labute approximate surface area is 147 Å². The number of hydrogen-bond donors (Lipinski definition) is 2. The fourth-order valence-electron chi connectivity index (χ4n) is 2.79. The standard InChI is InChI=1S/C18H24N2O5/c1-11-7-5-6-8-13(11)15(21)19-12-9-14(16(22)23)20(10-12)17(24)25-18(2,3)4/h5-8,12,14H,9-10H2,1-4H3,(H,19,21)(H,22,23)/t12-,14-/m0/s1. The molecule has 1 aliphatic rings. The average Bonchev–Trinajstić information content (AvgIpc) is 2.90. The lowest BCUT2D eigenvalue weighted by atomic mass is 10.1. The van der Waals surface area contributed by atoms with Crippen molar-refractivity contribution in [1.82, 2.24) is 10.2 Å². The van der Waals surface area contributed by atoms with E-state index in [1.165, 1.54) is 0 Å². The summed E-state index contributed by atoms with van der Waals surface area (Å²) >= 11 is 0. The van der Waals surface area contributed by atoms with E-state index in [2.05, 4.69) is 5.32 Å². The van der Waals surface area contributed by atoms with Gasteiger partial charge in [0.2, 0.25) is 0 Å². The van der Waals surface area contributed by atoms with Gasteiger partial charge < -0.3 is 15.2 Å². The molecule has 1 aromatic rings. The number of aryl methyl sites for hydroxylation is 1. The van der Waals surface area contributed by atoms with Crippen LogP contribution in [0.3, 0.4) is 0 Å². The molecule has 0 aromatic heterocycles. The van der Waals surface area contributed by atoms with Gasteiger partial charge in [0.1, 0.15) is 11.6 Å². The number of carboxylic acids is 1. The summed E-state index contributed by atoms with van der Waals surface area (Å²) in [6.07, 6.45) is -0.542. The van der Waals surface area contributed by atoms with E-state index in [1.807, 2.05) is 19.1 Å². The van der Waals surface area contributed by atoms with Crippen LogP contribution in [0.5, 0.6) is 0 Å². The highest BCUT2D eigenvalue weighted by Crippen LogP contribution is 2.22. The fraction of sp³-hybridized carbons (Fsp3) is 0.500. The summed E-state index contributed by atoms with van der Waals surface area (Å²) in [6, 6.07) is 5.68. The van der Waals surface area contributed by atoms with Gasteiger partial charge in [-0.3, -0.25) is 9.69 Å². The molecular formula is C18H24N2O5. The van der Waals surface area contributed by atoms with Crippen LogP contribution in [-0.4, -0.2) is 52.2 Å². The van der Waals surface area contributed by atoms with Crippen LogP contribution < -0.4 is 5.32 Å². The monoisotopic (exact) mass is 348 g/mol. The summed E-state index contributed by atoms with van der Waals surface area (Å²) in [5.74, 6) is -1.39. The molecule has 2 N–H and O–H groups in total. The summed E-state index contributed by atoms with van der Waals surface area (Å²) in [5.41, 5.74) is 0.643. The average molecular weight is 348 g/mol. The summed E-state index contributed by atoms with van der Waals surface area (Å²) in [4.78, 5) is 37.3. The first-order valence-electron chi connectivity index (χ1n) is 8.17. The zero-order valence-corrected chi connectivity index (χ0v) is 14.9. The SMILES string of the molecule is Cc1ccccc1C(=O)N[C@H]1C[C@@H](C(=O)O)N(C(=O)OC(C)(C)C)C1. The zero-order chi connectivity index (χ0) is 18.8. The van der Waals surface area contributed by atoms with Crippen LogP contribution in [0.15, 0.2) is 24.3 Å². The molecular weight excluding hydrogens is 324 g/mol. The summed E-state index contributed by atoms with van der Waals surface area (Å²) < 4.78 is 5.27. The molecule has 0 aliphatic carbocycles. The number of amides is 2. The molecule has 0 radical (unpaired) electrons. The zero-order valence-electron chi connectivity index (χ0n) is 14.9. The first-order valence-corrected chi connectivity index (χ1v) is 8.17. The maximum absolute atomic E-state index is 12.4. The minimum atomic E-state index is -1.11. The number of carbonyl (C=O) groups excluding carboxylic acids is 2. The van der Waals surface area contributed by atoms with Crippen molar-refractivity contribution in [3.63, 3.8) is 0 Å². The minimum absolute atomic E-state index is 0.101. The van der Waals surface area contributed by atoms with Crippen LogP contribution in [0.4, 0.5) is 4.79 Å². The Morgan fingerprint density at radius 2 is 1.88 bits per heavy atom. The second-order valence-electron chi connectivity index (χ2n) is 7.21. The summed E-state index contributed by atoms with van der Waals surface area (Å²) in [6.45, 7) is 7.08. The Balaban J connectivity index is 2.09. The number of nitrogens with one attached hydrogen (secondary N) is 1. The molecule has 0 saturated carbocycles. The third-order valence-corrected chi connectivity index (χ3v) is 3.94. The molecule has 1 heterocycles. The third kappa shape index (κ3) is 4.71. The van der Waals surface area contributed by atoms with Crippen molar-refractivity contribution >= 4 is 18.0 Å². The molecule has 1 aliphatic heterocycles. The van der Waals surface area contributed by atoms with Gasteiger partial charge in [-0.15, -0.1) is 0 Å². The molecule has 7 heteroatoms. The van der Waals surface area contributed by atoms with Crippen LogP contribution in [0.1, 0.15) is 43.1 Å². The van der Waals surface area contributed by atoms with E-state index in [0.717, 1.165) is 10.5 Å². The Bertz CT molecular complexity index is 680. The Hall–Kier alpha value is -2.57. The minimum Gasteiger partial charge on any atom is -0.480 e. The Morgan fingerprint density at radius 1 is 1.24 bits per heavy atom. The largest absolute Gasteiger partial charge is 0.480 e. The van der Waals surface area contributed by atoms with Crippen LogP contribution >= 0.6 is 0 Å². The number of benzene rings is 1. The van der Waals surface area contributed by atoms with Crippen molar-refractivity contribution in [1.29, 1.82) is 0 Å². The van der Waals surface area contributed by atoms with Crippen LogP contribution in [0.25, 0.3) is 0 Å². The van der Waals surface area contributed by atoms with E-state index < -0.39 is 29.7 Å². The van der Waals surface area contributed by atoms with Gasteiger partial charge >= 0.3 is 12.1 Å². The number of carbonyl (C=O) groups is 3. The fourth-order valence-corrected chi connectivity index (χ4v) is 2.79. The molecule has 0 bridgehead atoms. The molecule has 2 amide bonds. The smallest absolute Gasteiger partial charge is 0.411 e. The number of nitrogens with zero attached hydrogens (tertiary/aromatic N) is 1. The molecule has 2 atom stereocenters. The normalized spacial score (nSPS) is 20.2. The van der Waals surface area contributed by atoms with Crippen molar-refractivity contribution in [3.05, 3.63) is 35.4 Å². The van der Waals surface area contributed by atoms with Gasteiger partial charge in [-0.2, -0.15) is 0 Å². The van der Waals surface area contributed by atoms with E-state index in [-0.39, 0.29) is 18.9 Å². The van der Waals surface area contributed by atoms with Gasteiger partial charge in [-0.1, -0.05) is 18.2 Å². The predicted octanol–water partition coefficient (Wildman–Crippen LogP) is 2.19. The number of aliphatic carboxylic acids is 1. The second-order valence-corrected chi connectivity index (χ2v) is 7.21. The van der Waals surface area contributed by atoms with Crippen molar-refractivity contribution in [2.24, 2.45) is 0 Å². The quantitative estimate of drug-likeness (QED) is 0.873. The first kappa shape index (κ1) is 18.8. The number of hydrogen-bond acceptors (Lipinski definition) is 4. The van der Waals surface area contributed by atoms with Gasteiger partial charge in [0, 0.05) is 24.6 Å².